The van der Waals surface area contributed by atoms with Gasteiger partial charge in [-0.15, -0.1) is 0 Å². The van der Waals surface area contributed by atoms with Crippen molar-refractivity contribution >= 4 is 15.9 Å². The van der Waals surface area contributed by atoms with Crippen LogP contribution in [-0.4, -0.2) is 0 Å². The van der Waals surface area contributed by atoms with E-state index in [-0.39, 0.29) is 0 Å². The second-order valence-corrected chi connectivity index (χ2v) is 5.24. The molecule has 100 valence electrons. The van der Waals surface area contributed by atoms with Crippen molar-refractivity contribution in [1.29, 1.82) is 0 Å². The van der Waals surface area contributed by atoms with E-state index in [1.54, 1.807) is 6.07 Å². The molecule has 0 aliphatic carbocycles. The number of aryl methyl sites for hydroxylation is 2. The molecule has 0 saturated carbocycles. The zero-order chi connectivity index (χ0) is 13.9. The van der Waals surface area contributed by atoms with Crippen molar-refractivity contribution in [1.82, 2.24) is 0 Å². The lowest BCUT2D eigenvalue weighted by Crippen LogP contribution is -2.05. The molecule has 2 aromatic rings. The summed E-state index contributed by atoms with van der Waals surface area (Å²) in [5.74, 6) is 0. The highest BCUT2D eigenvalue weighted by Crippen LogP contribution is 2.29. The molecule has 2 aromatic carbocycles. The van der Waals surface area contributed by atoms with Gasteiger partial charge < -0.3 is 0 Å². The fourth-order valence-corrected chi connectivity index (χ4v) is 2.11. The van der Waals surface area contributed by atoms with Gasteiger partial charge in [-0.1, -0.05) is 46.3 Å². The average Bonchev–Trinajstić information content (AvgIpc) is 2.37. The zero-order valence-electron chi connectivity index (χ0n) is 10.0. The van der Waals surface area contributed by atoms with Crippen LogP contribution in [0.2, 0.25) is 0 Å². The molecular formula is C15H12BrF3. The topological polar surface area (TPSA) is 0 Å². The fraction of sp³-hybridized carbons (Fsp3) is 0.200. The summed E-state index contributed by atoms with van der Waals surface area (Å²) in [5.41, 5.74) is 1.24. The Labute approximate surface area is 118 Å². The van der Waals surface area contributed by atoms with Crippen LogP contribution >= 0.6 is 15.9 Å². The largest absolute Gasteiger partial charge is 0.416 e. The maximum atomic E-state index is 12.6. The Hall–Kier alpha value is -1.29. The summed E-state index contributed by atoms with van der Waals surface area (Å²) < 4.78 is 38.7. The summed E-state index contributed by atoms with van der Waals surface area (Å²) in [7, 11) is 0. The molecule has 0 aliphatic rings. The first kappa shape index (κ1) is 14.1. The van der Waals surface area contributed by atoms with E-state index in [1.807, 2.05) is 24.3 Å². The third-order valence-electron chi connectivity index (χ3n) is 2.87. The molecular weight excluding hydrogens is 317 g/mol. The van der Waals surface area contributed by atoms with E-state index in [1.165, 1.54) is 12.1 Å². The Kier molecular flexibility index (Phi) is 4.30. The van der Waals surface area contributed by atoms with Crippen molar-refractivity contribution in [3.63, 3.8) is 0 Å². The van der Waals surface area contributed by atoms with Crippen LogP contribution in [0.3, 0.4) is 0 Å². The van der Waals surface area contributed by atoms with Gasteiger partial charge in [-0.2, -0.15) is 13.2 Å². The van der Waals surface area contributed by atoms with Crippen molar-refractivity contribution in [3.05, 3.63) is 69.7 Å². The molecule has 4 heteroatoms. The van der Waals surface area contributed by atoms with Crippen LogP contribution in [0.15, 0.2) is 53.0 Å². The predicted molar refractivity (Wildman–Crippen MR) is 73.0 cm³/mol. The number of halogens is 4. The normalized spacial score (nSPS) is 11.6. The van der Waals surface area contributed by atoms with Crippen LogP contribution in [0.1, 0.15) is 16.7 Å². The maximum Gasteiger partial charge on any atom is 0.416 e. The summed E-state index contributed by atoms with van der Waals surface area (Å²) in [6, 6.07) is 13.3. The number of alkyl halides is 3. The molecule has 0 bridgehead atoms. The molecule has 0 radical (unpaired) electrons. The van der Waals surface area contributed by atoms with Crippen LogP contribution in [0.5, 0.6) is 0 Å². The van der Waals surface area contributed by atoms with E-state index < -0.39 is 11.7 Å². The highest BCUT2D eigenvalue weighted by molar-refractivity contribution is 9.10. The summed E-state index contributed by atoms with van der Waals surface area (Å²) in [6.07, 6.45) is -2.94. The Morgan fingerprint density at radius 2 is 1.47 bits per heavy atom. The molecule has 0 spiro atoms. The van der Waals surface area contributed by atoms with Crippen LogP contribution < -0.4 is 0 Å². The smallest absolute Gasteiger partial charge is 0.166 e. The number of hydrogen-bond donors (Lipinski definition) is 0. The molecule has 0 saturated heterocycles. The van der Waals surface area contributed by atoms with Crippen LogP contribution in [0.25, 0.3) is 0 Å². The third kappa shape index (κ3) is 4.10. The van der Waals surface area contributed by atoms with Crippen molar-refractivity contribution in [2.45, 2.75) is 19.0 Å². The first-order valence-electron chi connectivity index (χ1n) is 5.86. The van der Waals surface area contributed by atoms with Crippen molar-refractivity contribution in [2.75, 3.05) is 0 Å². The Bertz CT molecular complexity index is 544. The fourth-order valence-electron chi connectivity index (χ4n) is 1.84. The Morgan fingerprint density at radius 1 is 0.842 bits per heavy atom. The van der Waals surface area contributed by atoms with Gasteiger partial charge in [0.2, 0.25) is 0 Å². The van der Waals surface area contributed by atoms with Crippen molar-refractivity contribution in [3.8, 4) is 0 Å². The molecule has 19 heavy (non-hydrogen) atoms. The second-order valence-electron chi connectivity index (χ2n) is 4.32. The maximum absolute atomic E-state index is 12.6. The zero-order valence-corrected chi connectivity index (χ0v) is 11.6. The van der Waals surface area contributed by atoms with Crippen molar-refractivity contribution in [2.24, 2.45) is 0 Å². The first-order valence-corrected chi connectivity index (χ1v) is 6.65. The van der Waals surface area contributed by atoms with Gasteiger partial charge in [-0.3, -0.25) is 0 Å². The highest BCUT2D eigenvalue weighted by atomic mass is 79.9. The quantitative estimate of drug-likeness (QED) is 0.721. The SMILES string of the molecule is FC(F)(F)c1cccc(CCc2ccc(Br)cc2)c1. The summed E-state index contributed by atoms with van der Waals surface area (Å²) in [5, 5.41) is 0. The molecule has 0 N–H and O–H groups in total. The van der Waals surface area contributed by atoms with Gasteiger partial charge in [-0.05, 0) is 42.2 Å². The minimum atomic E-state index is -4.27. The molecule has 0 amide bonds. The Morgan fingerprint density at radius 3 is 2.11 bits per heavy atom. The van der Waals surface area contributed by atoms with E-state index in [0.717, 1.165) is 22.5 Å². The van der Waals surface area contributed by atoms with E-state index in [2.05, 4.69) is 15.9 Å². The molecule has 0 aromatic heterocycles. The van der Waals surface area contributed by atoms with E-state index >= 15 is 0 Å². The number of benzene rings is 2. The minimum Gasteiger partial charge on any atom is -0.166 e. The lowest BCUT2D eigenvalue weighted by Gasteiger charge is -2.08. The lowest BCUT2D eigenvalue weighted by molar-refractivity contribution is -0.137. The first-order chi connectivity index (χ1) is 8.95. The van der Waals surface area contributed by atoms with Gasteiger partial charge in [0, 0.05) is 4.47 Å². The summed E-state index contributed by atoms with van der Waals surface area (Å²) in [4.78, 5) is 0. The van der Waals surface area contributed by atoms with Gasteiger partial charge in [0.1, 0.15) is 0 Å². The molecule has 0 atom stereocenters. The molecule has 0 unspecified atom stereocenters. The van der Waals surface area contributed by atoms with Gasteiger partial charge >= 0.3 is 6.18 Å². The highest BCUT2D eigenvalue weighted by Gasteiger charge is 2.30. The molecule has 2 rings (SSSR count). The van der Waals surface area contributed by atoms with E-state index in [4.69, 9.17) is 0 Å². The molecule has 0 fully saturated rings. The van der Waals surface area contributed by atoms with Gasteiger partial charge in [0.05, 0.1) is 5.56 Å². The number of rotatable bonds is 3. The molecule has 0 heterocycles. The van der Waals surface area contributed by atoms with Gasteiger partial charge in [0.15, 0.2) is 0 Å². The van der Waals surface area contributed by atoms with Crippen molar-refractivity contribution < 1.29 is 13.2 Å². The van der Waals surface area contributed by atoms with Gasteiger partial charge in [-0.25, -0.2) is 0 Å². The summed E-state index contributed by atoms with van der Waals surface area (Å²) in [6.45, 7) is 0. The molecule has 0 nitrogen and oxygen atoms in total. The average molecular weight is 329 g/mol. The number of hydrogen-bond acceptors (Lipinski definition) is 0. The molecule has 0 aliphatic heterocycles. The van der Waals surface area contributed by atoms with E-state index in [9.17, 15) is 13.2 Å². The monoisotopic (exact) mass is 328 g/mol. The second kappa shape index (κ2) is 5.78. The Balaban J connectivity index is 2.05. The lowest BCUT2D eigenvalue weighted by atomic mass is 10.0. The van der Waals surface area contributed by atoms with Gasteiger partial charge in [0.25, 0.3) is 0 Å². The van der Waals surface area contributed by atoms with Crippen LogP contribution in [-0.2, 0) is 19.0 Å². The van der Waals surface area contributed by atoms with E-state index in [0.29, 0.717) is 12.0 Å². The summed E-state index contributed by atoms with van der Waals surface area (Å²) >= 11 is 3.35. The standard InChI is InChI=1S/C15H12BrF3/c16-14-8-6-11(7-9-14)4-5-12-2-1-3-13(10-12)15(17,18)19/h1-3,6-10H,4-5H2. The van der Waals surface area contributed by atoms with Crippen LogP contribution in [0.4, 0.5) is 13.2 Å². The van der Waals surface area contributed by atoms with Crippen LogP contribution in [0, 0.1) is 0 Å². The predicted octanol–water partition coefficient (Wildman–Crippen LogP) is 5.25. The third-order valence-corrected chi connectivity index (χ3v) is 3.40. The minimum absolute atomic E-state index is 0.583.